The summed E-state index contributed by atoms with van der Waals surface area (Å²) < 4.78 is 10.7. The quantitative estimate of drug-likeness (QED) is 0.840. The summed E-state index contributed by atoms with van der Waals surface area (Å²) in [6, 6.07) is 8.24. The number of ether oxygens (including phenoxy) is 1. The van der Waals surface area contributed by atoms with Crippen LogP contribution in [0.3, 0.4) is 0 Å². The van der Waals surface area contributed by atoms with E-state index < -0.39 is 0 Å². The van der Waals surface area contributed by atoms with Crippen molar-refractivity contribution >= 4 is 11.0 Å². The lowest BCUT2D eigenvalue weighted by atomic mass is 9.84. The van der Waals surface area contributed by atoms with E-state index >= 15 is 0 Å². The maximum absolute atomic E-state index is 9.23. The second kappa shape index (κ2) is 5.07. The lowest BCUT2D eigenvalue weighted by Gasteiger charge is -2.17. The van der Waals surface area contributed by atoms with Gasteiger partial charge in [-0.1, -0.05) is 26.8 Å². The Morgan fingerprint density at radius 2 is 2.05 bits per heavy atom. The fraction of sp³-hybridized carbons (Fsp3) is 0.438. The van der Waals surface area contributed by atoms with Crippen LogP contribution in [-0.4, -0.2) is 13.7 Å². The molecule has 0 atom stereocenters. The highest BCUT2D eigenvalue weighted by molar-refractivity contribution is 5.85. The molecule has 0 amide bonds. The average Bonchev–Trinajstić information content (AvgIpc) is 2.73. The summed E-state index contributed by atoms with van der Waals surface area (Å²) >= 11 is 0. The van der Waals surface area contributed by atoms with E-state index in [1.54, 1.807) is 7.11 Å². The molecule has 0 N–H and O–H groups in total. The van der Waals surface area contributed by atoms with Gasteiger partial charge in [-0.2, -0.15) is 5.26 Å². The molecule has 0 saturated carbocycles. The zero-order chi connectivity index (χ0) is 14.0. The van der Waals surface area contributed by atoms with Crippen LogP contribution < -0.4 is 0 Å². The molecule has 0 aliphatic carbocycles. The van der Waals surface area contributed by atoms with Crippen molar-refractivity contribution in [1.29, 1.82) is 5.26 Å². The van der Waals surface area contributed by atoms with Crippen molar-refractivity contribution in [2.24, 2.45) is 0 Å². The summed E-state index contributed by atoms with van der Waals surface area (Å²) in [7, 11) is 1.70. The number of nitriles is 1. The fourth-order valence-electron chi connectivity index (χ4n) is 2.34. The molecule has 1 aromatic heterocycles. The molecule has 3 nitrogen and oxygen atoms in total. The van der Waals surface area contributed by atoms with Crippen LogP contribution in [0, 0.1) is 11.3 Å². The van der Waals surface area contributed by atoms with Gasteiger partial charge < -0.3 is 9.15 Å². The molecule has 0 aliphatic rings. The third kappa shape index (κ3) is 2.64. The van der Waals surface area contributed by atoms with Crippen molar-refractivity contribution < 1.29 is 9.15 Å². The number of furan rings is 1. The zero-order valence-corrected chi connectivity index (χ0v) is 11.9. The molecule has 0 radical (unpaired) electrons. The van der Waals surface area contributed by atoms with Crippen LogP contribution in [0.15, 0.2) is 22.6 Å². The number of hydrogen-bond donors (Lipinski definition) is 0. The van der Waals surface area contributed by atoms with E-state index in [2.05, 4.69) is 32.9 Å². The van der Waals surface area contributed by atoms with E-state index in [0.717, 1.165) is 23.0 Å². The first-order valence-electron chi connectivity index (χ1n) is 6.42. The second-order valence-electron chi connectivity index (χ2n) is 5.74. The van der Waals surface area contributed by atoms with E-state index in [9.17, 15) is 5.26 Å². The van der Waals surface area contributed by atoms with Gasteiger partial charge in [-0.05, 0) is 29.5 Å². The third-order valence-electron chi connectivity index (χ3n) is 3.20. The Bertz CT molecular complexity index is 626. The van der Waals surface area contributed by atoms with Crippen molar-refractivity contribution in [3.63, 3.8) is 0 Å². The Balaban J connectivity index is 2.60. The molecule has 0 fully saturated rings. The van der Waals surface area contributed by atoms with Crippen LogP contribution >= 0.6 is 0 Å². The molecule has 19 heavy (non-hydrogen) atoms. The lowest BCUT2D eigenvalue weighted by molar-refractivity contribution is 0.202. The van der Waals surface area contributed by atoms with Gasteiger partial charge in [0.1, 0.15) is 11.7 Å². The first-order valence-corrected chi connectivity index (χ1v) is 6.42. The first kappa shape index (κ1) is 13.6. The van der Waals surface area contributed by atoms with Crippen LogP contribution in [0.2, 0.25) is 0 Å². The predicted octanol–water partition coefficient (Wildman–Crippen LogP) is 3.79. The molecule has 100 valence electrons. The molecule has 2 rings (SSSR count). The molecule has 1 heterocycles. The highest BCUT2D eigenvalue weighted by Gasteiger charge is 2.25. The van der Waals surface area contributed by atoms with Crippen molar-refractivity contribution in [1.82, 2.24) is 0 Å². The molecule has 0 bridgehead atoms. The summed E-state index contributed by atoms with van der Waals surface area (Å²) in [5.74, 6) is 0.423. The van der Waals surface area contributed by atoms with Gasteiger partial charge in [-0.15, -0.1) is 0 Å². The summed E-state index contributed by atoms with van der Waals surface area (Å²) in [5.41, 5.74) is 2.85. The molecule has 1 aromatic carbocycles. The molecule has 0 spiro atoms. The fourth-order valence-corrected chi connectivity index (χ4v) is 2.34. The largest absolute Gasteiger partial charge is 0.445 e. The molecule has 2 aromatic rings. The minimum absolute atomic E-state index is 0.115. The Morgan fingerprint density at radius 3 is 2.63 bits per heavy atom. The Kier molecular flexibility index (Phi) is 3.64. The van der Waals surface area contributed by atoms with Crippen LogP contribution in [0.1, 0.15) is 37.7 Å². The van der Waals surface area contributed by atoms with Crippen LogP contribution in [-0.2, 0) is 16.6 Å². The Labute approximate surface area is 113 Å². The summed E-state index contributed by atoms with van der Waals surface area (Å²) in [6.45, 7) is 6.99. The van der Waals surface area contributed by atoms with E-state index in [-0.39, 0.29) is 5.41 Å². The Hall–Kier alpha value is -1.79. The molecule has 0 saturated heterocycles. The standard InChI is InChI=1S/C16H19NO2/c1-16(2,3)15-12-9-11(7-8-18-4)5-6-13(12)19-14(15)10-17/h5-6,9H,7-8H2,1-4H3. The van der Waals surface area contributed by atoms with Gasteiger partial charge in [0.15, 0.2) is 0 Å². The summed E-state index contributed by atoms with van der Waals surface area (Å²) in [4.78, 5) is 0. The van der Waals surface area contributed by atoms with Gasteiger partial charge >= 0.3 is 0 Å². The highest BCUT2D eigenvalue weighted by atomic mass is 16.5. The topological polar surface area (TPSA) is 46.2 Å². The van der Waals surface area contributed by atoms with Crippen LogP contribution in [0.25, 0.3) is 11.0 Å². The van der Waals surface area contributed by atoms with Crippen molar-refractivity contribution in [2.75, 3.05) is 13.7 Å². The Morgan fingerprint density at radius 1 is 1.32 bits per heavy atom. The molecular formula is C16H19NO2. The van der Waals surface area contributed by atoms with Crippen LogP contribution in [0.5, 0.6) is 0 Å². The average molecular weight is 257 g/mol. The van der Waals surface area contributed by atoms with Gasteiger partial charge in [0.2, 0.25) is 5.76 Å². The summed E-state index contributed by atoms with van der Waals surface area (Å²) in [6.07, 6.45) is 0.864. The maximum Gasteiger partial charge on any atom is 0.208 e. The van der Waals surface area contributed by atoms with Crippen molar-refractivity contribution in [3.05, 3.63) is 35.1 Å². The number of rotatable bonds is 3. The van der Waals surface area contributed by atoms with Gasteiger partial charge in [-0.3, -0.25) is 0 Å². The SMILES string of the molecule is COCCc1ccc2oc(C#N)c(C(C)(C)C)c2c1. The van der Waals surface area contributed by atoms with Crippen LogP contribution in [0.4, 0.5) is 0 Å². The number of nitrogens with zero attached hydrogens (tertiary/aromatic N) is 1. The van der Waals surface area contributed by atoms with Gasteiger partial charge in [-0.25, -0.2) is 0 Å². The minimum Gasteiger partial charge on any atom is -0.445 e. The van der Waals surface area contributed by atoms with E-state index in [0.29, 0.717) is 12.4 Å². The first-order chi connectivity index (χ1) is 8.97. The number of hydrogen-bond acceptors (Lipinski definition) is 3. The maximum atomic E-state index is 9.23. The number of benzene rings is 1. The highest BCUT2D eigenvalue weighted by Crippen LogP contribution is 2.35. The smallest absolute Gasteiger partial charge is 0.208 e. The third-order valence-corrected chi connectivity index (χ3v) is 3.20. The molecule has 3 heteroatoms. The van der Waals surface area contributed by atoms with Crippen molar-refractivity contribution in [2.45, 2.75) is 32.6 Å². The lowest BCUT2D eigenvalue weighted by Crippen LogP contribution is -2.12. The van der Waals surface area contributed by atoms with Gasteiger partial charge in [0.05, 0.1) is 6.61 Å². The number of fused-ring (bicyclic) bond motifs is 1. The van der Waals surface area contributed by atoms with E-state index in [1.807, 2.05) is 12.1 Å². The van der Waals surface area contributed by atoms with Gasteiger partial charge in [0.25, 0.3) is 0 Å². The molecule has 0 aliphatic heterocycles. The van der Waals surface area contributed by atoms with Crippen molar-refractivity contribution in [3.8, 4) is 6.07 Å². The zero-order valence-electron chi connectivity index (χ0n) is 11.9. The normalized spacial score (nSPS) is 11.7. The second-order valence-corrected chi connectivity index (χ2v) is 5.74. The van der Waals surface area contributed by atoms with E-state index in [4.69, 9.17) is 9.15 Å². The predicted molar refractivity (Wildman–Crippen MR) is 75.2 cm³/mol. The summed E-state index contributed by atoms with van der Waals surface area (Å²) in [5, 5.41) is 10.3. The number of methoxy groups -OCH3 is 1. The monoisotopic (exact) mass is 257 g/mol. The molecule has 0 unspecified atom stereocenters. The molecular weight excluding hydrogens is 238 g/mol. The van der Waals surface area contributed by atoms with Gasteiger partial charge in [0, 0.05) is 18.1 Å². The van der Waals surface area contributed by atoms with E-state index in [1.165, 1.54) is 5.56 Å². The minimum atomic E-state index is -0.115.